The van der Waals surface area contributed by atoms with Gasteiger partial charge >= 0.3 is 0 Å². The van der Waals surface area contributed by atoms with E-state index in [0.29, 0.717) is 22.6 Å². The molecule has 0 saturated carbocycles. The molecule has 0 amide bonds. The molecule has 0 spiro atoms. The molecule has 0 bridgehead atoms. The second kappa shape index (κ2) is 4.93. The van der Waals surface area contributed by atoms with Crippen LogP contribution < -0.4 is 5.32 Å². The minimum atomic E-state index is 0.431. The van der Waals surface area contributed by atoms with Crippen molar-refractivity contribution >= 4 is 34.8 Å². The Labute approximate surface area is 86.6 Å². The Morgan fingerprint density at radius 1 is 1.17 bits per heavy atom. The third-order valence-corrected chi connectivity index (χ3v) is 2.34. The maximum Gasteiger partial charge on any atom is 0.0716 e. The predicted molar refractivity (Wildman–Crippen MR) is 54.0 cm³/mol. The van der Waals surface area contributed by atoms with Crippen LogP contribution in [0.1, 0.15) is 5.56 Å². The van der Waals surface area contributed by atoms with Crippen molar-refractivity contribution in [2.24, 2.45) is 0 Å². The van der Waals surface area contributed by atoms with Crippen molar-refractivity contribution in [2.45, 2.75) is 6.54 Å². The van der Waals surface area contributed by atoms with Crippen LogP contribution in [0.2, 0.25) is 10.0 Å². The molecule has 1 aromatic carbocycles. The van der Waals surface area contributed by atoms with Crippen molar-refractivity contribution < 1.29 is 0 Å². The smallest absolute Gasteiger partial charge is 0.0716 e. The standard InChI is InChI=1S/C8H8Cl3N/c9-5-12-4-6-1-2-7(10)8(11)3-6/h1-3,12H,4-5H2. The van der Waals surface area contributed by atoms with E-state index in [9.17, 15) is 0 Å². The van der Waals surface area contributed by atoms with Crippen molar-refractivity contribution in [3.05, 3.63) is 33.8 Å². The molecule has 0 aliphatic carbocycles. The van der Waals surface area contributed by atoms with Crippen LogP contribution in [-0.2, 0) is 6.54 Å². The Kier molecular flexibility index (Phi) is 4.16. The summed E-state index contributed by atoms with van der Waals surface area (Å²) >= 11 is 17.0. The maximum absolute atomic E-state index is 5.80. The molecule has 0 aliphatic heterocycles. The number of nitrogens with one attached hydrogen (secondary N) is 1. The van der Waals surface area contributed by atoms with Gasteiger partial charge in [-0.3, -0.25) is 5.32 Å². The third-order valence-electron chi connectivity index (χ3n) is 1.41. The first-order chi connectivity index (χ1) is 5.74. The van der Waals surface area contributed by atoms with E-state index in [1.165, 1.54) is 0 Å². The van der Waals surface area contributed by atoms with E-state index >= 15 is 0 Å². The van der Waals surface area contributed by atoms with Crippen molar-refractivity contribution in [3.63, 3.8) is 0 Å². The summed E-state index contributed by atoms with van der Waals surface area (Å²) in [7, 11) is 0. The van der Waals surface area contributed by atoms with Crippen LogP contribution in [-0.4, -0.2) is 6.00 Å². The van der Waals surface area contributed by atoms with E-state index in [-0.39, 0.29) is 0 Å². The molecule has 66 valence electrons. The summed E-state index contributed by atoms with van der Waals surface area (Å²) in [6.07, 6.45) is 0. The Hall–Kier alpha value is 0.0500. The third kappa shape index (κ3) is 2.83. The van der Waals surface area contributed by atoms with Crippen molar-refractivity contribution in [3.8, 4) is 0 Å². The van der Waals surface area contributed by atoms with Crippen molar-refractivity contribution in [1.29, 1.82) is 0 Å². The second-order valence-corrected chi connectivity index (χ2v) is 3.39. The normalized spacial score (nSPS) is 10.2. The van der Waals surface area contributed by atoms with Gasteiger partial charge in [0.15, 0.2) is 0 Å². The highest BCUT2D eigenvalue weighted by Crippen LogP contribution is 2.22. The van der Waals surface area contributed by atoms with Crippen LogP contribution in [0.5, 0.6) is 0 Å². The number of benzene rings is 1. The van der Waals surface area contributed by atoms with E-state index in [2.05, 4.69) is 5.32 Å². The number of hydrogen-bond acceptors (Lipinski definition) is 1. The van der Waals surface area contributed by atoms with Gasteiger partial charge in [0, 0.05) is 6.54 Å². The number of hydrogen-bond donors (Lipinski definition) is 1. The summed E-state index contributed by atoms with van der Waals surface area (Å²) in [6, 6.07) is 5.94. The largest absolute Gasteiger partial charge is 0.300 e. The van der Waals surface area contributed by atoms with Crippen molar-refractivity contribution in [1.82, 2.24) is 5.32 Å². The van der Waals surface area contributed by atoms with Gasteiger partial charge in [-0.25, -0.2) is 0 Å². The zero-order chi connectivity index (χ0) is 8.97. The fourth-order valence-electron chi connectivity index (χ4n) is 0.841. The quantitative estimate of drug-likeness (QED) is 0.614. The van der Waals surface area contributed by atoms with E-state index in [1.54, 1.807) is 6.07 Å². The molecule has 1 N–H and O–H groups in total. The molecular formula is C8H8Cl3N. The van der Waals surface area contributed by atoms with Gasteiger partial charge in [0.2, 0.25) is 0 Å². The minimum Gasteiger partial charge on any atom is -0.300 e. The van der Waals surface area contributed by atoms with E-state index in [0.717, 1.165) is 5.56 Å². The Bertz CT molecular complexity index is 262. The summed E-state index contributed by atoms with van der Waals surface area (Å²) in [6.45, 7) is 0.709. The molecule has 0 atom stereocenters. The fraction of sp³-hybridized carbons (Fsp3) is 0.250. The molecule has 0 aromatic heterocycles. The van der Waals surface area contributed by atoms with Gasteiger partial charge in [-0.2, -0.15) is 0 Å². The van der Waals surface area contributed by atoms with Crippen LogP contribution in [0.4, 0.5) is 0 Å². The number of rotatable bonds is 3. The van der Waals surface area contributed by atoms with Gasteiger partial charge in [0.1, 0.15) is 0 Å². The molecule has 1 nitrogen and oxygen atoms in total. The maximum atomic E-state index is 5.80. The molecule has 0 heterocycles. The van der Waals surface area contributed by atoms with E-state index in [1.807, 2.05) is 12.1 Å². The molecule has 0 radical (unpaired) electrons. The lowest BCUT2D eigenvalue weighted by Gasteiger charge is -2.02. The van der Waals surface area contributed by atoms with Gasteiger partial charge in [0.25, 0.3) is 0 Å². The molecule has 1 rings (SSSR count). The lowest BCUT2D eigenvalue weighted by atomic mass is 10.2. The molecule has 1 aromatic rings. The molecule has 0 aliphatic rings. The Morgan fingerprint density at radius 2 is 1.92 bits per heavy atom. The monoisotopic (exact) mass is 223 g/mol. The zero-order valence-corrected chi connectivity index (χ0v) is 8.55. The lowest BCUT2D eigenvalue weighted by Crippen LogP contribution is -2.09. The topological polar surface area (TPSA) is 12.0 Å². The Morgan fingerprint density at radius 3 is 2.50 bits per heavy atom. The molecule has 4 heteroatoms. The first-order valence-electron chi connectivity index (χ1n) is 3.44. The van der Waals surface area contributed by atoms with Crippen LogP contribution in [0, 0.1) is 0 Å². The van der Waals surface area contributed by atoms with E-state index in [4.69, 9.17) is 34.8 Å². The van der Waals surface area contributed by atoms with Gasteiger partial charge in [-0.05, 0) is 17.7 Å². The number of halogens is 3. The summed E-state index contributed by atoms with van der Waals surface area (Å²) in [4.78, 5) is 0. The highest BCUT2D eigenvalue weighted by molar-refractivity contribution is 6.42. The van der Waals surface area contributed by atoms with Crippen LogP contribution in [0.3, 0.4) is 0 Å². The summed E-state index contributed by atoms with van der Waals surface area (Å²) in [5, 5.41) is 4.12. The van der Waals surface area contributed by atoms with Gasteiger partial charge in [-0.15, -0.1) is 11.6 Å². The van der Waals surface area contributed by atoms with Crippen LogP contribution in [0.25, 0.3) is 0 Å². The molecule has 0 fully saturated rings. The average molecular weight is 225 g/mol. The predicted octanol–water partition coefficient (Wildman–Crippen LogP) is 3.28. The van der Waals surface area contributed by atoms with Gasteiger partial charge in [-0.1, -0.05) is 29.3 Å². The van der Waals surface area contributed by atoms with Gasteiger partial charge < -0.3 is 0 Å². The summed E-state index contributed by atoms with van der Waals surface area (Å²) in [5.74, 6) is 0. The molecule has 0 saturated heterocycles. The summed E-state index contributed by atoms with van der Waals surface area (Å²) in [5.41, 5.74) is 1.07. The highest BCUT2D eigenvalue weighted by Gasteiger charge is 1.98. The first kappa shape index (κ1) is 10.1. The van der Waals surface area contributed by atoms with E-state index < -0.39 is 0 Å². The fourth-order valence-corrected chi connectivity index (χ4v) is 1.26. The molecule has 12 heavy (non-hydrogen) atoms. The van der Waals surface area contributed by atoms with Gasteiger partial charge in [0.05, 0.1) is 16.0 Å². The minimum absolute atomic E-state index is 0.431. The van der Waals surface area contributed by atoms with Crippen LogP contribution in [0.15, 0.2) is 18.2 Å². The zero-order valence-electron chi connectivity index (χ0n) is 6.28. The summed E-state index contributed by atoms with van der Waals surface area (Å²) < 4.78 is 0. The van der Waals surface area contributed by atoms with Crippen LogP contribution >= 0.6 is 34.8 Å². The number of alkyl halides is 1. The second-order valence-electron chi connectivity index (χ2n) is 2.31. The molecule has 0 unspecified atom stereocenters. The van der Waals surface area contributed by atoms with Crippen molar-refractivity contribution in [2.75, 3.05) is 6.00 Å². The Balaban J connectivity index is 2.69. The molecular weight excluding hydrogens is 216 g/mol. The lowest BCUT2D eigenvalue weighted by molar-refractivity contribution is 0.791. The SMILES string of the molecule is ClCNCc1ccc(Cl)c(Cl)c1. The first-order valence-corrected chi connectivity index (χ1v) is 4.73. The average Bonchev–Trinajstić information content (AvgIpc) is 2.07. The highest BCUT2D eigenvalue weighted by atomic mass is 35.5.